The molecule has 2 amide bonds. The van der Waals surface area contributed by atoms with Crippen molar-refractivity contribution in [2.75, 3.05) is 25.5 Å². The first-order valence-electron chi connectivity index (χ1n) is 6.02. The maximum Gasteiger partial charge on any atom is 0.335 e. The molecule has 0 bridgehead atoms. The van der Waals surface area contributed by atoms with Crippen molar-refractivity contribution >= 4 is 17.7 Å². The quantitative estimate of drug-likeness (QED) is 0.869. The van der Waals surface area contributed by atoms with Crippen LogP contribution >= 0.6 is 0 Å². The van der Waals surface area contributed by atoms with Crippen LogP contribution in [0.25, 0.3) is 0 Å². The summed E-state index contributed by atoms with van der Waals surface area (Å²) in [5, 5.41) is 11.5. The van der Waals surface area contributed by atoms with E-state index in [1.54, 1.807) is 24.1 Å². The lowest BCUT2D eigenvalue weighted by molar-refractivity contribution is 0.0697. The summed E-state index contributed by atoms with van der Waals surface area (Å²) < 4.78 is 5.20. The van der Waals surface area contributed by atoms with Crippen LogP contribution in [0.2, 0.25) is 0 Å². The average molecular weight is 264 g/mol. The molecule has 1 aliphatic rings. The number of nitrogens with zero attached hydrogens (tertiary/aromatic N) is 1. The van der Waals surface area contributed by atoms with Gasteiger partial charge in [0.25, 0.3) is 0 Å². The first kappa shape index (κ1) is 13.4. The number of methoxy groups -OCH3 is 1. The summed E-state index contributed by atoms with van der Waals surface area (Å²) in [6, 6.07) is 5.87. The maximum atomic E-state index is 11.9. The third-order valence-electron chi connectivity index (χ3n) is 3.15. The van der Waals surface area contributed by atoms with Gasteiger partial charge in [0.1, 0.15) is 0 Å². The van der Waals surface area contributed by atoms with Crippen molar-refractivity contribution < 1.29 is 19.4 Å². The molecule has 0 spiro atoms. The van der Waals surface area contributed by atoms with E-state index in [0.29, 0.717) is 18.8 Å². The van der Waals surface area contributed by atoms with Crippen molar-refractivity contribution in [1.82, 2.24) is 4.90 Å². The SMILES string of the molecule is COC1CCN(C(=O)Nc2ccc(C(=O)O)cc2)C1. The number of anilines is 1. The highest BCUT2D eigenvalue weighted by Gasteiger charge is 2.25. The van der Waals surface area contributed by atoms with E-state index in [-0.39, 0.29) is 17.7 Å². The molecule has 2 N–H and O–H groups in total. The van der Waals surface area contributed by atoms with Gasteiger partial charge in [-0.25, -0.2) is 9.59 Å². The first-order chi connectivity index (χ1) is 9.10. The number of hydrogen-bond acceptors (Lipinski definition) is 3. The van der Waals surface area contributed by atoms with Crippen LogP contribution in [0.1, 0.15) is 16.8 Å². The van der Waals surface area contributed by atoms with E-state index in [2.05, 4.69) is 5.32 Å². The van der Waals surface area contributed by atoms with Crippen LogP contribution in [0.15, 0.2) is 24.3 Å². The smallest absolute Gasteiger partial charge is 0.335 e. The second-order valence-electron chi connectivity index (χ2n) is 4.41. The van der Waals surface area contributed by atoms with Gasteiger partial charge in [0, 0.05) is 25.9 Å². The second kappa shape index (κ2) is 5.71. The number of carbonyl (C=O) groups excluding carboxylic acids is 1. The number of carboxylic acid groups (broad SMARTS) is 1. The van der Waals surface area contributed by atoms with Crippen LogP contribution < -0.4 is 5.32 Å². The number of hydrogen-bond donors (Lipinski definition) is 2. The lowest BCUT2D eigenvalue weighted by Crippen LogP contribution is -2.33. The van der Waals surface area contributed by atoms with Crippen LogP contribution in [0.5, 0.6) is 0 Å². The highest BCUT2D eigenvalue weighted by atomic mass is 16.5. The van der Waals surface area contributed by atoms with Gasteiger partial charge >= 0.3 is 12.0 Å². The normalized spacial score (nSPS) is 18.4. The van der Waals surface area contributed by atoms with E-state index in [0.717, 1.165) is 6.42 Å². The van der Waals surface area contributed by atoms with Crippen molar-refractivity contribution in [2.45, 2.75) is 12.5 Å². The van der Waals surface area contributed by atoms with Crippen LogP contribution in [0.3, 0.4) is 0 Å². The van der Waals surface area contributed by atoms with Gasteiger partial charge in [0.2, 0.25) is 0 Å². The summed E-state index contributed by atoms with van der Waals surface area (Å²) in [6.07, 6.45) is 0.933. The Hall–Kier alpha value is -2.08. The topological polar surface area (TPSA) is 78.9 Å². The maximum absolute atomic E-state index is 11.9. The number of ether oxygens (including phenoxy) is 1. The summed E-state index contributed by atoms with van der Waals surface area (Å²) in [6.45, 7) is 1.24. The zero-order valence-electron chi connectivity index (χ0n) is 10.6. The zero-order chi connectivity index (χ0) is 13.8. The van der Waals surface area contributed by atoms with Crippen molar-refractivity contribution in [2.24, 2.45) is 0 Å². The number of benzene rings is 1. The predicted octanol–water partition coefficient (Wildman–Crippen LogP) is 1.64. The van der Waals surface area contributed by atoms with Crippen LogP contribution in [-0.4, -0.2) is 48.3 Å². The number of likely N-dealkylation sites (tertiary alicyclic amines) is 1. The lowest BCUT2D eigenvalue weighted by Gasteiger charge is -2.17. The van der Waals surface area contributed by atoms with Gasteiger partial charge < -0.3 is 20.1 Å². The van der Waals surface area contributed by atoms with Crippen LogP contribution in [0, 0.1) is 0 Å². The van der Waals surface area contributed by atoms with Gasteiger partial charge in [-0.3, -0.25) is 0 Å². The Bertz CT molecular complexity index is 472. The van der Waals surface area contributed by atoms with Gasteiger partial charge in [-0.05, 0) is 30.7 Å². The molecule has 6 heteroatoms. The molecule has 1 unspecified atom stereocenters. The van der Waals surface area contributed by atoms with Gasteiger partial charge in [0.15, 0.2) is 0 Å². The molecular formula is C13H16N2O4. The molecule has 0 radical (unpaired) electrons. The number of urea groups is 1. The predicted molar refractivity (Wildman–Crippen MR) is 69.4 cm³/mol. The Labute approximate surface area is 111 Å². The third-order valence-corrected chi connectivity index (χ3v) is 3.15. The molecule has 0 aliphatic carbocycles. The summed E-state index contributed by atoms with van der Waals surface area (Å²) in [7, 11) is 1.64. The minimum Gasteiger partial charge on any atom is -0.478 e. The summed E-state index contributed by atoms with van der Waals surface area (Å²) >= 11 is 0. The molecule has 0 aromatic heterocycles. The molecule has 102 valence electrons. The minimum atomic E-state index is -0.986. The van der Waals surface area contributed by atoms with Crippen molar-refractivity contribution in [3.05, 3.63) is 29.8 Å². The molecule has 6 nitrogen and oxygen atoms in total. The van der Waals surface area contributed by atoms with Gasteiger partial charge in [-0.2, -0.15) is 0 Å². The molecule has 19 heavy (non-hydrogen) atoms. The highest BCUT2D eigenvalue weighted by molar-refractivity contribution is 5.91. The van der Waals surface area contributed by atoms with Crippen molar-refractivity contribution in [3.63, 3.8) is 0 Å². The number of nitrogens with one attached hydrogen (secondary N) is 1. The zero-order valence-corrected chi connectivity index (χ0v) is 10.6. The number of rotatable bonds is 3. The summed E-state index contributed by atoms with van der Waals surface area (Å²) in [4.78, 5) is 24.3. The average Bonchev–Trinajstić information content (AvgIpc) is 2.88. The molecule has 1 aliphatic heterocycles. The van der Waals surface area contributed by atoms with Gasteiger partial charge in [0.05, 0.1) is 11.7 Å². The second-order valence-corrected chi connectivity index (χ2v) is 4.41. The van der Waals surface area contributed by atoms with Gasteiger partial charge in [-0.1, -0.05) is 0 Å². The van der Waals surface area contributed by atoms with E-state index in [9.17, 15) is 9.59 Å². The third kappa shape index (κ3) is 3.23. The summed E-state index contributed by atoms with van der Waals surface area (Å²) in [5.74, 6) is -0.986. The van der Waals surface area contributed by atoms with Gasteiger partial charge in [-0.15, -0.1) is 0 Å². The first-order valence-corrected chi connectivity index (χ1v) is 6.02. The number of carbonyl (C=O) groups is 2. The monoisotopic (exact) mass is 264 g/mol. The number of carboxylic acids is 1. The lowest BCUT2D eigenvalue weighted by atomic mass is 10.2. The molecule has 2 rings (SSSR count). The van der Waals surface area contributed by atoms with E-state index in [1.807, 2.05) is 0 Å². The van der Waals surface area contributed by atoms with E-state index in [1.165, 1.54) is 12.1 Å². The molecular weight excluding hydrogens is 248 g/mol. The standard InChI is InChI=1S/C13H16N2O4/c1-19-11-6-7-15(8-11)13(18)14-10-4-2-9(3-5-10)12(16)17/h2-5,11H,6-8H2,1H3,(H,14,18)(H,16,17). The molecule has 1 fully saturated rings. The Kier molecular flexibility index (Phi) is 4.01. The number of amides is 2. The molecule has 1 aromatic rings. The summed E-state index contributed by atoms with van der Waals surface area (Å²) in [5.41, 5.74) is 0.773. The molecule has 0 saturated carbocycles. The van der Waals surface area contributed by atoms with Crippen LogP contribution in [-0.2, 0) is 4.74 Å². The fraction of sp³-hybridized carbons (Fsp3) is 0.385. The largest absolute Gasteiger partial charge is 0.478 e. The molecule has 1 heterocycles. The Morgan fingerprint density at radius 3 is 2.58 bits per heavy atom. The van der Waals surface area contributed by atoms with Crippen molar-refractivity contribution in [3.8, 4) is 0 Å². The Morgan fingerprint density at radius 2 is 2.05 bits per heavy atom. The minimum absolute atomic E-state index is 0.0973. The van der Waals surface area contributed by atoms with E-state index < -0.39 is 5.97 Å². The highest BCUT2D eigenvalue weighted by Crippen LogP contribution is 2.15. The molecule has 1 aromatic carbocycles. The Balaban J connectivity index is 1.94. The van der Waals surface area contributed by atoms with E-state index >= 15 is 0 Å². The molecule has 1 saturated heterocycles. The van der Waals surface area contributed by atoms with E-state index in [4.69, 9.17) is 9.84 Å². The number of aromatic carboxylic acids is 1. The fourth-order valence-electron chi connectivity index (χ4n) is 2.00. The fourth-order valence-corrected chi connectivity index (χ4v) is 2.00. The van der Waals surface area contributed by atoms with Crippen LogP contribution in [0.4, 0.5) is 10.5 Å². The molecule has 1 atom stereocenters. The Morgan fingerprint density at radius 1 is 1.37 bits per heavy atom. The van der Waals surface area contributed by atoms with Crippen molar-refractivity contribution in [1.29, 1.82) is 0 Å².